The predicted octanol–water partition coefficient (Wildman–Crippen LogP) is 5.17. The highest BCUT2D eigenvalue weighted by atomic mass is 32.2. The number of para-hydroxylation sites is 1. The van der Waals surface area contributed by atoms with Gasteiger partial charge in [-0.3, -0.25) is 29.4 Å². The molecule has 0 aliphatic carbocycles. The molecule has 3 amide bonds. The minimum atomic E-state index is -0.551. The molecule has 0 saturated carbocycles. The number of carbonyl (C=O) groups excluding carboxylic acids is 3. The van der Waals surface area contributed by atoms with Crippen LogP contribution in [0.1, 0.15) is 16.7 Å². The molecule has 3 aromatic carbocycles. The molecule has 0 spiro atoms. The fourth-order valence-corrected chi connectivity index (χ4v) is 4.58. The summed E-state index contributed by atoms with van der Waals surface area (Å²) in [5.41, 5.74) is 2.34. The maximum Gasteiger partial charge on any atom is 0.293 e. The molecular formula is C27H23N3O7S. The van der Waals surface area contributed by atoms with Crippen LogP contribution in [0, 0.1) is 17.0 Å². The third-order valence-electron chi connectivity index (χ3n) is 5.54. The number of nitro benzene ring substituents is 1. The zero-order chi connectivity index (χ0) is 27.2. The molecule has 0 unspecified atom stereocenters. The Hall–Kier alpha value is -4.64. The van der Waals surface area contributed by atoms with Crippen molar-refractivity contribution in [3.63, 3.8) is 0 Å². The largest absolute Gasteiger partial charge is 0.493 e. The average Bonchev–Trinajstić information content (AvgIpc) is 3.15. The number of hydrogen-bond donors (Lipinski definition) is 1. The first kappa shape index (κ1) is 26.4. The Morgan fingerprint density at radius 2 is 1.87 bits per heavy atom. The predicted molar refractivity (Wildman–Crippen MR) is 143 cm³/mol. The van der Waals surface area contributed by atoms with E-state index >= 15 is 0 Å². The van der Waals surface area contributed by atoms with Crippen molar-refractivity contribution < 1.29 is 28.8 Å². The van der Waals surface area contributed by atoms with Gasteiger partial charge in [-0.15, -0.1) is 0 Å². The topological polar surface area (TPSA) is 128 Å². The third kappa shape index (κ3) is 6.19. The molecule has 4 rings (SSSR count). The van der Waals surface area contributed by atoms with Crippen molar-refractivity contribution in [3.8, 4) is 11.5 Å². The van der Waals surface area contributed by atoms with Crippen molar-refractivity contribution in [1.29, 1.82) is 0 Å². The molecule has 1 fully saturated rings. The lowest BCUT2D eigenvalue weighted by atomic mass is 10.1. The summed E-state index contributed by atoms with van der Waals surface area (Å²) in [7, 11) is 1.44. The lowest BCUT2D eigenvalue weighted by Gasteiger charge is -2.13. The van der Waals surface area contributed by atoms with Crippen molar-refractivity contribution in [2.24, 2.45) is 0 Å². The Morgan fingerprint density at radius 3 is 2.61 bits per heavy atom. The van der Waals surface area contributed by atoms with Gasteiger partial charge in [-0.1, -0.05) is 36.4 Å². The van der Waals surface area contributed by atoms with E-state index in [0.29, 0.717) is 22.7 Å². The Kier molecular flexibility index (Phi) is 8.07. The summed E-state index contributed by atoms with van der Waals surface area (Å²) in [6, 6.07) is 18.2. The van der Waals surface area contributed by atoms with Crippen LogP contribution in [0.2, 0.25) is 0 Å². The average molecular weight is 534 g/mol. The molecule has 0 radical (unpaired) electrons. The summed E-state index contributed by atoms with van der Waals surface area (Å²) in [6.45, 7) is 1.47. The van der Waals surface area contributed by atoms with Crippen molar-refractivity contribution in [2.45, 2.75) is 13.5 Å². The quantitative estimate of drug-likeness (QED) is 0.227. The monoisotopic (exact) mass is 533 g/mol. The summed E-state index contributed by atoms with van der Waals surface area (Å²) in [5, 5.41) is 13.5. The maximum atomic E-state index is 12.9. The van der Waals surface area contributed by atoms with E-state index < -0.39 is 16.1 Å². The molecule has 1 saturated heterocycles. The van der Waals surface area contributed by atoms with Gasteiger partial charge in [0.1, 0.15) is 0 Å². The van der Waals surface area contributed by atoms with Crippen LogP contribution in [-0.2, 0) is 16.1 Å². The van der Waals surface area contributed by atoms with E-state index in [1.54, 1.807) is 30.3 Å². The lowest BCUT2D eigenvalue weighted by molar-refractivity contribution is -0.385. The second kappa shape index (κ2) is 11.6. The number of aryl methyl sites for hydroxylation is 1. The Morgan fingerprint density at radius 1 is 1.08 bits per heavy atom. The molecule has 10 nitrogen and oxygen atoms in total. The number of thioether (sulfide) groups is 1. The molecule has 3 aromatic rings. The first-order valence-corrected chi connectivity index (χ1v) is 12.2. The van der Waals surface area contributed by atoms with E-state index in [0.717, 1.165) is 22.2 Å². The number of nitrogens with one attached hydrogen (secondary N) is 1. The SMILES string of the molecule is COc1cc(/C=C2\SC(=O)N(Cc3ccccc3[N+](=O)[O-])C2=O)ccc1OCC(=O)Nc1cccc(C)c1. The van der Waals surface area contributed by atoms with Gasteiger partial charge in [-0.2, -0.15) is 0 Å². The van der Waals surface area contributed by atoms with Crippen LogP contribution in [0.3, 0.4) is 0 Å². The van der Waals surface area contributed by atoms with Crippen LogP contribution in [0.25, 0.3) is 6.08 Å². The maximum absolute atomic E-state index is 12.9. The van der Waals surface area contributed by atoms with Crippen molar-refractivity contribution in [3.05, 3.63) is 98.4 Å². The fraction of sp³-hybridized carbons (Fsp3) is 0.148. The van der Waals surface area contributed by atoms with Crippen LogP contribution in [0.5, 0.6) is 11.5 Å². The molecule has 0 aromatic heterocycles. The van der Waals surface area contributed by atoms with Gasteiger partial charge in [0.15, 0.2) is 18.1 Å². The Balaban J connectivity index is 1.44. The van der Waals surface area contributed by atoms with Crippen LogP contribution >= 0.6 is 11.8 Å². The number of carbonyl (C=O) groups is 3. The normalized spacial score (nSPS) is 14.1. The Bertz CT molecular complexity index is 1450. The molecular weight excluding hydrogens is 510 g/mol. The summed E-state index contributed by atoms with van der Waals surface area (Å²) in [5.74, 6) is -0.228. The molecule has 1 N–H and O–H groups in total. The fourth-order valence-electron chi connectivity index (χ4n) is 3.74. The van der Waals surface area contributed by atoms with Gasteiger partial charge in [-0.25, -0.2) is 0 Å². The second-order valence-electron chi connectivity index (χ2n) is 8.27. The standard InChI is InChI=1S/C27H23N3O7S/c1-17-6-5-8-20(12-17)28-25(31)16-37-22-11-10-18(13-23(22)36-2)14-24-26(32)29(27(33)38-24)15-19-7-3-4-9-21(19)30(34)35/h3-14H,15-16H2,1-2H3,(H,28,31)/b24-14-. The van der Waals surface area contributed by atoms with Gasteiger partial charge in [0.2, 0.25) is 0 Å². The number of methoxy groups -OCH3 is 1. The van der Waals surface area contributed by atoms with Gasteiger partial charge in [0.05, 0.1) is 23.5 Å². The van der Waals surface area contributed by atoms with Gasteiger partial charge in [-0.05, 0) is 60.2 Å². The molecule has 194 valence electrons. The molecule has 38 heavy (non-hydrogen) atoms. The van der Waals surface area contributed by atoms with Gasteiger partial charge < -0.3 is 14.8 Å². The smallest absolute Gasteiger partial charge is 0.293 e. The van der Waals surface area contributed by atoms with Crippen molar-refractivity contribution in [1.82, 2.24) is 4.90 Å². The first-order chi connectivity index (χ1) is 18.2. The van der Waals surface area contributed by atoms with E-state index in [4.69, 9.17) is 9.47 Å². The molecule has 0 bridgehead atoms. The number of anilines is 1. The van der Waals surface area contributed by atoms with E-state index in [2.05, 4.69) is 5.32 Å². The van der Waals surface area contributed by atoms with E-state index in [1.807, 2.05) is 25.1 Å². The number of amides is 3. The molecule has 1 aliphatic heterocycles. The number of benzene rings is 3. The number of nitro groups is 1. The van der Waals surface area contributed by atoms with Gasteiger partial charge >= 0.3 is 0 Å². The Labute approximate surface area is 222 Å². The highest BCUT2D eigenvalue weighted by molar-refractivity contribution is 8.18. The summed E-state index contributed by atoms with van der Waals surface area (Å²) in [4.78, 5) is 49.6. The zero-order valence-corrected chi connectivity index (χ0v) is 21.3. The minimum absolute atomic E-state index is 0.164. The molecule has 1 heterocycles. The van der Waals surface area contributed by atoms with E-state index in [1.165, 1.54) is 31.4 Å². The number of nitrogens with zero attached hydrogens (tertiary/aromatic N) is 2. The van der Waals surface area contributed by atoms with Gasteiger partial charge in [0.25, 0.3) is 22.7 Å². The number of ether oxygens (including phenoxy) is 2. The third-order valence-corrected chi connectivity index (χ3v) is 6.44. The van der Waals surface area contributed by atoms with Gasteiger partial charge in [0, 0.05) is 17.3 Å². The molecule has 11 heteroatoms. The van der Waals surface area contributed by atoms with Crippen LogP contribution in [0.15, 0.2) is 71.6 Å². The first-order valence-electron chi connectivity index (χ1n) is 11.4. The van der Waals surface area contributed by atoms with E-state index in [-0.39, 0.29) is 35.2 Å². The summed E-state index contributed by atoms with van der Waals surface area (Å²) < 4.78 is 11.0. The summed E-state index contributed by atoms with van der Waals surface area (Å²) >= 11 is 0.747. The van der Waals surface area contributed by atoms with Crippen LogP contribution in [0.4, 0.5) is 16.2 Å². The van der Waals surface area contributed by atoms with Crippen molar-refractivity contribution in [2.75, 3.05) is 19.0 Å². The number of hydrogen-bond acceptors (Lipinski definition) is 8. The number of rotatable bonds is 9. The zero-order valence-electron chi connectivity index (χ0n) is 20.5. The second-order valence-corrected chi connectivity index (χ2v) is 9.26. The molecule has 1 aliphatic rings. The van der Waals surface area contributed by atoms with Crippen molar-refractivity contribution >= 4 is 46.3 Å². The van der Waals surface area contributed by atoms with E-state index in [9.17, 15) is 24.5 Å². The van der Waals surface area contributed by atoms with Crippen LogP contribution in [-0.4, -0.2) is 40.6 Å². The highest BCUT2D eigenvalue weighted by Crippen LogP contribution is 2.36. The number of imide groups is 1. The molecule has 0 atom stereocenters. The summed E-state index contributed by atoms with van der Waals surface area (Å²) in [6.07, 6.45) is 1.53. The van der Waals surface area contributed by atoms with Crippen LogP contribution < -0.4 is 14.8 Å². The highest BCUT2D eigenvalue weighted by Gasteiger charge is 2.36. The lowest BCUT2D eigenvalue weighted by Crippen LogP contribution is -2.27. The minimum Gasteiger partial charge on any atom is -0.493 e.